The number of nitrogens with one attached hydrogen (secondary N) is 1. The van der Waals surface area contributed by atoms with Crippen LogP contribution in [0.4, 0.5) is 0 Å². The number of likely N-dealkylation sites (tertiary alicyclic amines) is 1. The van der Waals surface area contributed by atoms with E-state index in [1.54, 1.807) is 0 Å². The van der Waals surface area contributed by atoms with Crippen molar-refractivity contribution in [2.45, 2.75) is 45.7 Å². The first kappa shape index (κ1) is 13.6. The van der Waals surface area contributed by atoms with Crippen LogP contribution >= 0.6 is 0 Å². The minimum Gasteiger partial charge on any atom is -0.311 e. The molecular weight excluding hydrogens is 224 g/mol. The SMILES string of the molecule is CC(C)(C)n1cc(CNCCN2CCCC2)cn1. The lowest BCUT2D eigenvalue weighted by Gasteiger charge is -2.18. The molecule has 0 spiro atoms. The predicted molar refractivity (Wildman–Crippen MR) is 74.6 cm³/mol. The van der Waals surface area contributed by atoms with Crippen LogP contribution in [0.15, 0.2) is 12.4 Å². The van der Waals surface area contributed by atoms with Gasteiger partial charge in [0, 0.05) is 31.4 Å². The van der Waals surface area contributed by atoms with Crippen LogP contribution in [-0.4, -0.2) is 40.9 Å². The third-order valence-electron chi connectivity index (χ3n) is 3.46. The number of hydrogen-bond acceptors (Lipinski definition) is 3. The molecular formula is C14H26N4. The maximum atomic E-state index is 4.41. The predicted octanol–water partition coefficient (Wildman–Crippen LogP) is 1.82. The molecule has 18 heavy (non-hydrogen) atoms. The topological polar surface area (TPSA) is 33.1 Å². The first-order valence-electron chi connectivity index (χ1n) is 7.03. The van der Waals surface area contributed by atoms with Crippen molar-refractivity contribution >= 4 is 0 Å². The Labute approximate surface area is 110 Å². The van der Waals surface area contributed by atoms with Gasteiger partial charge in [-0.1, -0.05) is 0 Å². The zero-order valence-electron chi connectivity index (χ0n) is 11.9. The molecule has 0 unspecified atom stereocenters. The van der Waals surface area contributed by atoms with Crippen LogP contribution in [0.2, 0.25) is 0 Å². The third-order valence-corrected chi connectivity index (χ3v) is 3.46. The Morgan fingerprint density at radius 1 is 1.28 bits per heavy atom. The molecule has 1 aliphatic rings. The average Bonchev–Trinajstić information content (AvgIpc) is 2.95. The summed E-state index contributed by atoms with van der Waals surface area (Å²) in [5.41, 5.74) is 1.35. The normalized spacial score (nSPS) is 17.5. The fraction of sp³-hybridized carbons (Fsp3) is 0.786. The second-order valence-electron chi connectivity index (χ2n) is 6.19. The Kier molecular flexibility index (Phi) is 4.40. The van der Waals surface area contributed by atoms with E-state index in [2.05, 4.69) is 42.3 Å². The summed E-state index contributed by atoms with van der Waals surface area (Å²) >= 11 is 0. The second kappa shape index (κ2) is 5.85. The minimum absolute atomic E-state index is 0.0772. The Morgan fingerprint density at radius 3 is 2.61 bits per heavy atom. The van der Waals surface area contributed by atoms with Gasteiger partial charge in [0.1, 0.15) is 0 Å². The molecule has 0 radical (unpaired) electrons. The Bertz CT molecular complexity index is 358. The van der Waals surface area contributed by atoms with Gasteiger partial charge in [0.25, 0.3) is 0 Å². The lowest BCUT2D eigenvalue weighted by molar-refractivity contribution is 0.335. The minimum atomic E-state index is 0.0772. The lowest BCUT2D eigenvalue weighted by Crippen LogP contribution is -2.29. The Balaban J connectivity index is 1.68. The summed E-state index contributed by atoms with van der Waals surface area (Å²) in [6.07, 6.45) is 6.85. The molecule has 1 aromatic rings. The van der Waals surface area contributed by atoms with Gasteiger partial charge >= 0.3 is 0 Å². The molecule has 0 amide bonds. The van der Waals surface area contributed by atoms with Crippen molar-refractivity contribution in [3.05, 3.63) is 18.0 Å². The molecule has 0 aliphatic carbocycles. The Morgan fingerprint density at radius 2 is 2.00 bits per heavy atom. The van der Waals surface area contributed by atoms with Gasteiger partial charge in [-0.25, -0.2) is 0 Å². The van der Waals surface area contributed by atoms with Crippen molar-refractivity contribution in [3.8, 4) is 0 Å². The van der Waals surface area contributed by atoms with Gasteiger partial charge in [-0.05, 0) is 46.7 Å². The molecule has 0 atom stereocenters. The van der Waals surface area contributed by atoms with Crippen LogP contribution in [0.3, 0.4) is 0 Å². The van der Waals surface area contributed by atoms with E-state index in [1.165, 1.54) is 38.0 Å². The molecule has 4 nitrogen and oxygen atoms in total. The first-order chi connectivity index (χ1) is 8.55. The van der Waals surface area contributed by atoms with Crippen LogP contribution in [0, 0.1) is 0 Å². The van der Waals surface area contributed by atoms with Gasteiger partial charge < -0.3 is 10.2 Å². The van der Waals surface area contributed by atoms with E-state index in [1.807, 2.05) is 10.9 Å². The molecule has 4 heteroatoms. The molecule has 0 bridgehead atoms. The van der Waals surface area contributed by atoms with E-state index in [0.29, 0.717) is 0 Å². The van der Waals surface area contributed by atoms with Crippen molar-refractivity contribution in [2.75, 3.05) is 26.2 Å². The first-order valence-corrected chi connectivity index (χ1v) is 7.03. The van der Waals surface area contributed by atoms with E-state index in [4.69, 9.17) is 0 Å². The van der Waals surface area contributed by atoms with Gasteiger partial charge in [-0.15, -0.1) is 0 Å². The summed E-state index contributed by atoms with van der Waals surface area (Å²) in [6, 6.07) is 0. The summed E-state index contributed by atoms with van der Waals surface area (Å²) in [5, 5.41) is 7.91. The highest BCUT2D eigenvalue weighted by molar-refractivity contribution is 5.04. The summed E-state index contributed by atoms with van der Waals surface area (Å²) in [5.74, 6) is 0. The van der Waals surface area contributed by atoms with Gasteiger partial charge in [0.15, 0.2) is 0 Å². The molecule has 1 saturated heterocycles. The molecule has 0 aromatic carbocycles. The molecule has 1 N–H and O–H groups in total. The van der Waals surface area contributed by atoms with Gasteiger partial charge in [-0.3, -0.25) is 4.68 Å². The van der Waals surface area contributed by atoms with Crippen molar-refractivity contribution < 1.29 is 0 Å². The van der Waals surface area contributed by atoms with Gasteiger partial charge in [-0.2, -0.15) is 5.10 Å². The van der Waals surface area contributed by atoms with Gasteiger partial charge in [0.2, 0.25) is 0 Å². The molecule has 2 rings (SSSR count). The molecule has 2 heterocycles. The fourth-order valence-corrected chi connectivity index (χ4v) is 2.29. The zero-order valence-corrected chi connectivity index (χ0v) is 11.9. The van der Waals surface area contributed by atoms with Crippen molar-refractivity contribution in [3.63, 3.8) is 0 Å². The van der Waals surface area contributed by atoms with Crippen molar-refractivity contribution in [1.82, 2.24) is 20.0 Å². The maximum absolute atomic E-state index is 4.41. The van der Waals surface area contributed by atoms with Gasteiger partial charge in [0.05, 0.1) is 11.7 Å². The Hall–Kier alpha value is -0.870. The van der Waals surface area contributed by atoms with E-state index >= 15 is 0 Å². The van der Waals surface area contributed by atoms with Crippen LogP contribution in [0.5, 0.6) is 0 Å². The van der Waals surface area contributed by atoms with E-state index in [9.17, 15) is 0 Å². The molecule has 1 aliphatic heterocycles. The zero-order chi connectivity index (χ0) is 13.0. The van der Waals surface area contributed by atoms with Crippen LogP contribution in [0.25, 0.3) is 0 Å². The van der Waals surface area contributed by atoms with E-state index < -0.39 is 0 Å². The summed E-state index contributed by atoms with van der Waals surface area (Å²) < 4.78 is 2.03. The van der Waals surface area contributed by atoms with E-state index in [0.717, 1.165) is 13.1 Å². The fourth-order valence-electron chi connectivity index (χ4n) is 2.29. The highest BCUT2D eigenvalue weighted by atomic mass is 15.3. The smallest absolute Gasteiger partial charge is 0.0543 e. The number of nitrogens with zero attached hydrogens (tertiary/aromatic N) is 3. The summed E-state index contributed by atoms with van der Waals surface area (Å²) in [4.78, 5) is 2.53. The molecule has 1 aromatic heterocycles. The van der Waals surface area contributed by atoms with Crippen LogP contribution in [0.1, 0.15) is 39.2 Å². The maximum Gasteiger partial charge on any atom is 0.0543 e. The average molecular weight is 250 g/mol. The third kappa shape index (κ3) is 3.82. The summed E-state index contributed by atoms with van der Waals surface area (Å²) in [6.45, 7) is 12.2. The van der Waals surface area contributed by atoms with Crippen LogP contribution in [-0.2, 0) is 12.1 Å². The summed E-state index contributed by atoms with van der Waals surface area (Å²) in [7, 11) is 0. The molecule has 1 fully saturated rings. The largest absolute Gasteiger partial charge is 0.311 e. The monoisotopic (exact) mass is 250 g/mol. The standard InChI is InChI=1S/C14H26N4/c1-14(2,3)18-12-13(11-16-18)10-15-6-9-17-7-4-5-8-17/h11-12,15H,4-10H2,1-3H3. The molecule has 102 valence electrons. The van der Waals surface area contributed by atoms with Crippen LogP contribution < -0.4 is 5.32 Å². The highest BCUT2D eigenvalue weighted by Crippen LogP contribution is 2.13. The molecule has 0 saturated carbocycles. The number of aromatic nitrogens is 2. The van der Waals surface area contributed by atoms with Crippen molar-refractivity contribution in [2.24, 2.45) is 0 Å². The number of hydrogen-bond donors (Lipinski definition) is 1. The highest BCUT2D eigenvalue weighted by Gasteiger charge is 2.14. The van der Waals surface area contributed by atoms with E-state index in [-0.39, 0.29) is 5.54 Å². The lowest BCUT2D eigenvalue weighted by atomic mass is 10.1. The number of rotatable bonds is 5. The van der Waals surface area contributed by atoms with Crippen molar-refractivity contribution in [1.29, 1.82) is 0 Å². The second-order valence-corrected chi connectivity index (χ2v) is 6.19. The quantitative estimate of drug-likeness (QED) is 0.809.